The molecule has 8 rings (SSSR count). The van der Waals surface area contributed by atoms with Crippen LogP contribution in [0.4, 0.5) is 0 Å². The van der Waals surface area contributed by atoms with Crippen molar-refractivity contribution in [2.75, 3.05) is 0 Å². The molecule has 216 valence electrons. The summed E-state index contributed by atoms with van der Waals surface area (Å²) in [6.45, 7) is 4.36. The fourth-order valence-electron chi connectivity index (χ4n) is 6.54. The summed E-state index contributed by atoms with van der Waals surface area (Å²) in [5.41, 5.74) is 9.12. The fourth-order valence-corrected chi connectivity index (χ4v) is 6.54. The molecule has 0 radical (unpaired) electrons. The molecule has 0 saturated carbocycles. The average Bonchev–Trinajstić information content (AvgIpc) is 3.61. The zero-order valence-corrected chi connectivity index (χ0v) is 24.8. The first-order chi connectivity index (χ1) is 22.3. The largest absolute Gasteiger partial charge is 0.313 e. The zero-order valence-electron chi connectivity index (χ0n) is 24.8. The first-order valence-corrected chi connectivity index (χ1v) is 15.3. The van der Waals surface area contributed by atoms with Crippen LogP contribution in [0.5, 0.6) is 0 Å². The van der Waals surface area contributed by atoms with E-state index in [1.165, 1.54) is 27.8 Å². The maximum atomic E-state index is 5.16. The number of aliphatic imine (C=N–C) groups is 3. The van der Waals surface area contributed by atoms with Gasteiger partial charge in [0.15, 0.2) is 5.84 Å². The van der Waals surface area contributed by atoms with E-state index in [-0.39, 0.29) is 0 Å². The summed E-state index contributed by atoms with van der Waals surface area (Å²) >= 11 is 0. The van der Waals surface area contributed by atoms with Crippen LogP contribution >= 0.6 is 0 Å². The second kappa shape index (κ2) is 11.4. The van der Waals surface area contributed by atoms with Gasteiger partial charge in [-0.25, -0.2) is 9.98 Å². The molecule has 7 aromatic rings. The third kappa shape index (κ3) is 4.70. The van der Waals surface area contributed by atoms with Crippen molar-refractivity contribution in [2.24, 2.45) is 15.0 Å². The van der Waals surface area contributed by atoms with E-state index in [4.69, 9.17) is 9.98 Å². The van der Waals surface area contributed by atoms with Gasteiger partial charge in [-0.2, -0.15) is 4.99 Å². The molecule has 0 spiro atoms. The van der Waals surface area contributed by atoms with Gasteiger partial charge in [0, 0.05) is 38.7 Å². The van der Waals surface area contributed by atoms with Crippen molar-refractivity contribution in [3.63, 3.8) is 0 Å². The van der Waals surface area contributed by atoms with Crippen molar-refractivity contribution in [2.45, 2.75) is 19.4 Å². The highest BCUT2D eigenvalue weighted by Crippen LogP contribution is 2.39. The van der Waals surface area contributed by atoms with Crippen molar-refractivity contribution in [3.05, 3.63) is 156 Å². The maximum absolute atomic E-state index is 5.16. The van der Waals surface area contributed by atoms with Crippen molar-refractivity contribution >= 4 is 57.3 Å². The highest BCUT2D eigenvalue weighted by Gasteiger charge is 2.23. The van der Waals surface area contributed by atoms with Crippen LogP contribution in [-0.4, -0.2) is 27.6 Å². The summed E-state index contributed by atoms with van der Waals surface area (Å²) in [6, 6.07) is 44.2. The predicted octanol–water partition coefficient (Wildman–Crippen LogP) is 9.25. The highest BCUT2D eigenvalue weighted by molar-refractivity contribution is 6.19. The monoisotopic (exact) mass is 581 g/mol. The van der Waals surface area contributed by atoms with Crippen molar-refractivity contribution < 1.29 is 0 Å². The van der Waals surface area contributed by atoms with Gasteiger partial charge in [0.05, 0.1) is 23.1 Å². The molecule has 45 heavy (non-hydrogen) atoms. The molecule has 2 heterocycles. The van der Waals surface area contributed by atoms with Gasteiger partial charge in [-0.3, -0.25) is 4.57 Å². The normalized spacial score (nSPS) is 13.5. The lowest BCUT2D eigenvalue weighted by atomic mass is 10.0. The summed E-state index contributed by atoms with van der Waals surface area (Å²) in [5.74, 6) is 1.10. The maximum Gasteiger partial charge on any atom is 0.232 e. The highest BCUT2D eigenvalue weighted by atomic mass is 15.2. The summed E-state index contributed by atoms with van der Waals surface area (Å²) < 4.78 is 4.64. The summed E-state index contributed by atoms with van der Waals surface area (Å²) in [4.78, 5) is 14.6. The van der Waals surface area contributed by atoms with E-state index in [9.17, 15) is 0 Å². The molecular weight excluding hydrogens is 550 g/mol. The minimum atomic E-state index is 0.484. The molecule has 2 aromatic heterocycles. The standard InChI is InChI=1S/C40H31N5/c1-41-39(29-17-7-3-8-18-29)43-40(42-27-28-15-5-2-6-16-28)45-36-24-14-12-22-32(36)34-25-37-33(26-38(34)45)31-21-11-13-23-35(31)44(37)30-19-9-4-10-20-30/h2-12,14-22,24-26H,1,13,23,27H2/b42-40+,43-39-. The molecule has 5 nitrogen and oxygen atoms in total. The Morgan fingerprint density at radius 2 is 1.38 bits per heavy atom. The van der Waals surface area contributed by atoms with Crippen LogP contribution in [0.2, 0.25) is 0 Å². The topological polar surface area (TPSA) is 46.9 Å². The Kier molecular flexibility index (Phi) is 6.76. The first-order valence-electron chi connectivity index (χ1n) is 15.3. The van der Waals surface area contributed by atoms with E-state index < -0.39 is 0 Å². The average molecular weight is 582 g/mol. The van der Waals surface area contributed by atoms with Gasteiger partial charge in [-0.15, -0.1) is 0 Å². The minimum Gasteiger partial charge on any atom is -0.313 e. The molecule has 0 N–H and O–H groups in total. The zero-order chi connectivity index (χ0) is 30.2. The molecule has 0 unspecified atom stereocenters. The number of rotatable bonds is 4. The lowest BCUT2D eigenvalue weighted by molar-refractivity contribution is 0.889. The molecule has 0 aliphatic heterocycles. The van der Waals surface area contributed by atoms with Gasteiger partial charge in [0.25, 0.3) is 0 Å². The third-order valence-electron chi connectivity index (χ3n) is 8.58. The third-order valence-corrected chi connectivity index (χ3v) is 8.58. The van der Waals surface area contributed by atoms with Gasteiger partial charge < -0.3 is 4.57 Å². The number of fused-ring (bicyclic) bond motifs is 6. The second-order valence-electron chi connectivity index (χ2n) is 11.3. The Morgan fingerprint density at radius 3 is 2.16 bits per heavy atom. The smallest absolute Gasteiger partial charge is 0.232 e. The van der Waals surface area contributed by atoms with Crippen molar-refractivity contribution in [1.29, 1.82) is 0 Å². The molecule has 5 aromatic carbocycles. The van der Waals surface area contributed by atoms with Gasteiger partial charge in [-0.05, 0) is 55.5 Å². The van der Waals surface area contributed by atoms with Crippen molar-refractivity contribution in [1.82, 2.24) is 9.13 Å². The number of hydrogen-bond acceptors (Lipinski definition) is 1. The minimum absolute atomic E-state index is 0.484. The Labute approximate surface area is 261 Å². The Balaban J connectivity index is 1.44. The second-order valence-corrected chi connectivity index (χ2v) is 11.3. The number of para-hydroxylation sites is 2. The van der Waals surface area contributed by atoms with E-state index in [2.05, 4.69) is 112 Å². The molecule has 0 bridgehead atoms. The van der Waals surface area contributed by atoms with E-state index >= 15 is 0 Å². The van der Waals surface area contributed by atoms with Crippen LogP contribution in [0.15, 0.2) is 148 Å². The van der Waals surface area contributed by atoms with E-state index in [0.717, 1.165) is 45.8 Å². The van der Waals surface area contributed by atoms with Gasteiger partial charge in [-0.1, -0.05) is 109 Å². The van der Waals surface area contributed by atoms with Crippen LogP contribution < -0.4 is 0 Å². The van der Waals surface area contributed by atoms with Crippen LogP contribution in [-0.2, 0) is 13.0 Å². The van der Waals surface area contributed by atoms with Gasteiger partial charge in [0.2, 0.25) is 5.96 Å². The molecular formula is C40H31N5. The van der Waals surface area contributed by atoms with Gasteiger partial charge >= 0.3 is 0 Å². The number of amidine groups is 1. The van der Waals surface area contributed by atoms with Crippen LogP contribution in [0.1, 0.15) is 28.8 Å². The number of aromatic nitrogens is 2. The van der Waals surface area contributed by atoms with Crippen LogP contribution in [0, 0.1) is 0 Å². The molecule has 0 amide bonds. The van der Waals surface area contributed by atoms with Crippen LogP contribution in [0.25, 0.3) is 44.5 Å². The number of nitrogens with zero attached hydrogens (tertiary/aromatic N) is 5. The summed E-state index contributed by atoms with van der Waals surface area (Å²) in [5, 5.41) is 3.53. The summed E-state index contributed by atoms with van der Waals surface area (Å²) in [7, 11) is 0. The Bertz CT molecular complexity index is 2290. The lowest BCUT2D eigenvalue weighted by Gasteiger charge is -2.13. The predicted molar refractivity (Wildman–Crippen MR) is 189 cm³/mol. The summed E-state index contributed by atoms with van der Waals surface area (Å²) in [6.07, 6.45) is 6.61. The van der Waals surface area contributed by atoms with Crippen molar-refractivity contribution in [3.8, 4) is 5.69 Å². The van der Waals surface area contributed by atoms with E-state index in [1.54, 1.807) is 0 Å². The number of benzene rings is 5. The Hall–Kier alpha value is -5.81. The van der Waals surface area contributed by atoms with E-state index in [1.807, 2.05) is 48.5 Å². The molecule has 0 saturated heterocycles. The quantitative estimate of drug-likeness (QED) is 0.147. The SMILES string of the molecule is C=N/C(=N\C(=N/Cc1ccccc1)n1c2ccccc2c2cc3c(cc21)c1c(n3-c2ccccc2)CCC=C1)c1ccccc1. The molecule has 0 atom stereocenters. The molecule has 0 fully saturated rings. The Morgan fingerprint density at radius 1 is 0.689 bits per heavy atom. The van der Waals surface area contributed by atoms with E-state index in [0.29, 0.717) is 18.3 Å². The molecule has 1 aliphatic carbocycles. The number of hydrogen-bond donors (Lipinski definition) is 0. The molecule has 1 aliphatic rings. The molecule has 5 heteroatoms. The number of allylic oxidation sites excluding steroid dienone is 1. The fraction of sp³-hybridized carbons (Fsp3) is 0.0750. The van der Waals surface area contributed by atoms with Crippen LogP contribution in [0.3, 0.4) is 0 Å². The first kappa shape index (κ1) is 26.8. The lowest BCUT2D eigenvalue weighted by Crippen LogP contribution is -2.13. The van der Waals surface area contributed by atoms with Gasteiger partial charge in [0.1, 0.15) is 0 Å².